The molecule has 1 heterocycles. The van der Waals surface area contributed by atoms with Crippen molar-refractivity contribution in [2.24, 2.45) is 0 Å². The quantitative estimate of drug-likeness (QED) is 0.800. The van der Waals surface area contributed by atoms with Crippen LogP contribution in [0.25, 0.3) is 0 Å². The molecule has 0 amide bonds. The van der Waals surface area contributed by atoms with E-state index in [4.69, 9.17) is 16.3 Å². The van der Waals surface area contributed by atoms with E-state index in [0.717, 1.165) is 24.5 Å². The van der Waals surface area contributed by atoms with Gasteiger partial charge in [-0.1, -0.05) is 25.4 Å². The third kappa shape index (κ3) is 5.27. The summed E-state index contributed by atoms with van der Waals surface area (Å²) in [5.41, 5.74) is 1.08. The van der Waals surface area contributed by atoms with Gasteiger partial charge in [0.1, 0.15) is 5.82 Å². The average molecular weight is 300 g/mol. The summed E-state index contributed by atoms with van der Waals surface area (Å²) >= 11 is 6.22. The Morgan fingerprint density at radius 3 is 2.60 bits per heavy atom. The van der Waals surface area contributed by atoms with Gasteiger partial charge in [0.25, 0.3) is 0 Å². The number of ether oxygens (including phenoxy) is 1. The molecule has 0 atom stereocenters. The highest BCUT2D eigenvalue weighted by Gasteiger charge is 2.13. The summed E-state index contributed by atoms with van der Waals surface area (Å²) in [6.45, 7) is 10.8. The van der Waals surface area contributed by atoms with Crippen molar-refractivity contribution in [3.8, 4) is 0 Å². The van der Waals surface area contributed by atoms with Crippen LogP contribution in [0.1, 0.15) is 33.3 Å². The summed E-state index contributed by atoms with van der Waals surface area (Å²) in [5, 5.41) is 4.09. The van der Waals surface area contributed by atoms with Gasteiger partial charge in [-0.15, -0.1) is 0 Å². The maximum Gasteiger partial charge on any atom is 0.129 e. The normalized spacial score (nSPS) is 11.4. The molecular formula is C15H26ClN3O. The van der Waals surface area contributed by atoms with E-state index in [1.807, 2.05) is 0 Å². The number of rotatable bonds is 8. The zero-order valence-corrected chi connectivity index (χ0v) is 13.9. The fraction of sp³-hybridized carbons (Fsp3) is 0.667. The highest BCUT2D eigenvalue weighted by molar-refractivity contribution is 6.31. The van der Waals surface area contributed by atoms with Gasteiger partial charge in [-0.05, 0) is 25.5 Å². The van der Waals surface area contributed by atoms with Crippen molar-refractivity contribution >= 4 is 17.4 Å². The third-order valence-electron chi connectivity index (χ3n) is 3.07. The molecule has 1 aromatic rings. The Balaban J connectivity index is 2.90. The molecule has 0 spiro atoms. The van der Waals surface area contributed by atoms with E-state index in [9.17, 15) is 0 Å². The Morgan fingerprint density at radius 1 is 1.35 bits per heavy atom. The Bertz CT molecular complexity index is 410. The van der Waals surface area contributed by atoms with Crippen molar-refractivity contribution in [1.82, 2.24) is 10.3 Å². The Hall–Kier alpha value is -0.840. The van der Waals surface area contributed by atoms with E-state index in [2.05, 4.69) is 49.0 Å². The molecule has 1 N–H and O–H groups in total. The SMILES string of the molecule is COCCN(c1cc(CNC(C)C)c(Cl)cn1)C(C)C. The van der Waals surface area contributed by atoms with E-state index in [1.165, 1.54) is 0 Å². The summed E-state index contributed by atoms with van der Waals surface area (Å²) in [5.74, 6) is 0.946. The van der Waals surface area contributed by atoms with Gasteiger partial charge in [-0.25, -0.2) is 4.98 Å². The highest BCUT2D eigenvalue weighted by Crippen LogP contribution is 2.22. The maximum absolute atomic E-state index is 6.22. The number of halogens is 1. The van der Waals surface area contributed by atoms with Crippen molar-refractivity contribution in [2.45, 2.75) is 46.3 Å². The lowest BCUT2D eigenvalue weighted by atomic mass is 10.2. The first-order valence-electron chi connectivity index (χ1n) is 7.09. The van der Waals surface area contributed by atoms with Crippen LogP contribution >= 0.6 is 11.6 Å². The first-order valence-corrected chi connectivity index (χ1v) is 7.46. The van der Waals surface area contributed by atoms with Crippen LogP contribution in [0.5, 0.6) is 0 Å². The smallest absolute Gasteiger partial charge is 0.129 e. The van der Waals surface area contributed by atoms with Crippen molar-refractivity contribution in [3.05, 3.63) is 22.8 Å². The van der Waals surface area contributed by atoms with E-state index in [0.29, 0.717) is 23.7 Å². The monoisotopic (exact) mass is 299 g/mol. The molecule has 0 saturated heterocycles. The molecule has 4 nitrogen and oxygen atoms in total. The van der Waals surface area contributed by atoms with Gasteiger partial charge < -0.3 is 15.0 Å². The minimum absolute atomic E-state index is 0.365. The van der Waals surface area contributed by atoms with Crippen LogP contribution in [0.4, 0.5) is 5.82 Å². The predicted octanol–water partition coefficient (Wildman–Crippen LogP) is 3.09. The summed E-state index contributed by atoms with van der Waals surface area (Å²) in [4.78, 5) is 6.67. The summed E-state index contributed by atoms with van der Waals surface area (Å²) in [6, 6.07) is 2.86. The molecule has 0 saturated carbocycles. The van der Waals surface area contributed by atoms with Gasteiger partial charge in [-0.2, -0.15) is 0 Å². The van der Waals surface area contributed by atoms with Crippen molar-refractivity contribution < 1.29 is 4.74 Å². The second-order valence-electron chi connectivity index (χ2n) is 5.45. The number of anilines is 1. The molecule has 114 valence electrons. The van der Waals surface area contributed by atoms with Gasteiger partial charge in [0.05, 0.1) is 11.6 Å². The number of pyridine rings is 1. The summed E-state index contributed by atoms with van der Waals surface area (Å²) in [6.07, 6.45) is 1.73. The lowest BCUT2D eigenvalue weighted by Crippen LogP contribution is -2.34. The van der Waals surface area contributed by atoms with E-state index in [-0.39, 0.29) is 0 Å². The minimum Gasteiger partial charge on any atom is -0.383 e. The zero-order valence-electron chi connectivity index (χ0n) is 13.1. The van der Waals surface area contributed by atoms with Gasteiger partial charge in [0.2, 0.25) is 0 Å². The van der Waals surface area contributed by atoms with Crippen LogP contribution in [0.15, 0.2) is 12.3 Å². The standard InChI is InChI=1S/C15H26ClN3O/c1-11(2)17-9-13-8-15(18-10-14(13)16)19(12(3)4)6-7-20-5/h8,10-12,17H,6-7,9H2,1-5H3. The number of aromatic nitrogens is 1. The maximum atomic E-state index is 6.22. The first-order chi connectivity index (χ1) is 9.45. The van der Waals surface area contributed by atoms with E-state index < -0.39 is 0 Å². The Kier molecular flexibility index (Phi) is 7.27. The minimum atomic E-state index is 0.365. The molecule has 0 aliphatic carbocycles. The van der Waals surface area contributed by atoms with Crippen molar-refractivity contribution in [1.29, 1.82) is 0 Å². The molecule has 0 fully saturated rings. The van der Waals surface area contributed by atoms with Crippen molar-refractivity contribution in [3.63, 3.8) is 0 Å². The van der Waals surface area contributed by atoms with Crippen LogP contribution in [0.3, 0.4) is 0 Å². The molecule has 0 aliphatic heterocycles. The fourth-order valence-corrected chi connectivity index (χ4v) is 2.07. The number of hydrogen-bond acceptors (Lipinski definition) is 4. The van der Waals surface area contributed by atoms with E-state index >= 15 is 0 Å². The van der Waals surface area contributed by atoms with E-state index in [1.54, 1.807) is 13.3 Å². The summed E-state index contributed by atoms with van der Waals surface area (Å²) in [7, 11) is 1.71. The lowest BCUT2D eigenvalue weighted by molar-refractivity contribution is 0.203. The number of hydrogen-bond donors (Lipinski definition) is 1. The topological polar surface area (TPSA) is 37.4 Å². The Morgan fingerprint density at radius 2 is 2.05 bits per heavy atom. The fourth-order valence-electron chi connectivity index (χ4n) is 1.90. The molecule has 5 heteroatoms. The van der Waals surface area contributed by atoms with Gasteiger partial charge >= 0.3 is 0 Å². The van der Waals surface area contributed by atoms with Crippen LogP contribution in [-0.2, 0) is 11.3 Å². The van der Waals surface area contributed by atoms with Crippen LogP contribution < -0.4 is 10.2 Å². The number of nitrogens with one attached hydrogen (secondary N) is 1. The predicted molar refractivity (Wildman–Crippen MR) is 85.6 cm³/mol. The molecule has 0 unspecified atom stereocenters. The molecule has 0 bridgehead atoms. The molecule has 1 rings (SSSR count). The van der Waals surface area contributed by atoms with Gasteiger partial charge in [0, 0.05) is 38.5 Å². The highest BCUT2D eigenvalue weighted by atomic mass is 35.5. The average Bonchev–Trinajstić information content (AvgIpc) is 2.38. The van der Waals surface area contributed by atoms with Gasteiger partial charge in [0.15, 0.2) is 0 Å². The molecule has 0 aliphatic rings. The number of methoxy groups -OCH3 is 1. The van der Waals surface area contributed by atoms with Gasteiger partial charge in [-0.3, -0.25) is 0 Å². The van der Waals surface area contributed by atoms with Crippen LogP contribution in [0.2, 0.25) is 5.02 Å². The van der Waals surface area contributed by atoms with Crippen LogP contribution in [-0.4, -0.2) is 37.3 Å². The van der Waals surface area contributed by atoms with Crippen LogP contribution in [0, 0.1) is 0 Å². The number of nitrogens with zero attached hydrogens (tertiary/aromatic N) is 2. The second kappa shape index (κ2) is 8.45. The Labute approximate surface area is 127 Å². The largest absolute Gasteiger partial charge is 0.383 e. The molecule has 0 radical (unpaired) electrons. The lowest BCUT2D eigenvalue weighted by Gasteiger charge is -2.28. The summed E-state index contributed by atoms with van der Waals surface area (Å²) < 4.78 is 5.17. The molecule has 1 aromatic heterocycles. The molecule has 0 aromatic carbocycles. The van der Waals surface area contributed by atoms with Crippen molar-refractivity contribution in [2.75, 3.05) is 25.2 Å². The first kappa shape index (κ1) is 17.2. The molecule has 20 heavy (non-hydrogen) atoms. The second-order valence-corrected chi connectivity index (χ2v) is 5.86. The third-order valence-corrected chi connectivity index (χ3v) is 3.42. The molecular weight excluding hydrogens is 274 g/mol. The zero-order chi connectivity index (χ0) is 15.1.